The van der Waals surface area contributed by atoms with Crippen LogP contribution in [0.2, 0.25) is 0 Å². The molecule has 1 unspecified atom stereocenters. The fraction of sp³-hybridized carbons (Fsp3) is 0.611. The maximum absolute atomic E-state index is 9.44. The van der Waals surface area contributed by atoms with Gasteiger partial charge < -0.3 is 5.21 Å². The molecule has 2 fully saturated rings. The first-order valence-corrected chi connectivity index (χ1v) is 8.13. The first-order valence-electron chi connectivity index (χ1n) is 8.13. The van der Waals surface area contributed by atoms with Crippen molar-refractivity contribution in [2.45, 2.75) is 63.2 Å². The molecule has 2 aliphatic carbocycles. The van der Waals surface area contributed by atoms with Crippen LogP contribution in [0.5, 0.6) is 0 Å². The third-order valence-electron chi connectivity index (χ3n) is 5.47. The van der Waals surface area contributed by atoms with Crippen LogP contribution in [0.1, 0.15) is 63.4 Å². The molecule has 0 aliphatic heterocycles. The standard InChI is InChI=1S/C18H25NO/c20-19-17-12-6-5-11-16(17)18(13-7-2-8-14-18)15-9-3-1-4-10-15/h1,3-4,9-10,16,20H,2,5-8,11-14H2/b19-17+. The third kappa shape index (κ3) is 2.36. The van der Waals surface area contributed by atoms with Crippen LogP contribution in [-0.2, 0) is 5.41 Å². The Labute approximate surface area is 121 Å². The average molecular weight is 271 g/mol. The lowest BCUT2D eigenvalue weighted by atomic mass is 9.58. The lowest BCUT2D eigenvalue weighted by molar-refractivity contribution is 0.207. The summed E-state index contributed by atoms with van der Waals surface area (Å²) < 4.78 is 0. The maximum atomic E-state index is 9.44. The van der Waals surface area contributed by atoms with E-state index < -0.39 is 0 Å². The Bertz CT molecular complexity index is 460. The summed E-state index contributed by atoms with van der Waals surface area (Å²) in [5.74, 6) is 0.448. The van der Waals surface area contributed by atoms with Gasteiger partial charge in [0.15, 0.2) is 0 Å². The number of oxime groups is 1. The highest BCUT2D eigenvalue weighted by atomic mass is 16.4. The Balaban J connectivity index is 2.01. The van der Waals surface area contributed by atoms with E-state index >= 15 is 0 Å². The zero-order chi connectivity index (χ0) is 13.8. The van der Waals surface area contributed by atoms with Gasteiger partial charge in [-0.2, -0.15) is 0 Å². The van der Waals surface area contributed by atoms with Crippen LogP contribution < -0.4 is 0 Å². The molecule has 0 bridgehead atoms. The average Bonchev–Trinajstić information content (AvgIpc) is 2.56. The summed E-state index contributed by atoms with van der Waals surface area (Å²) in [4.78, 5) is 0. The highest BCUT2D eigenvalue weighted by Crippen LogP contribution is 2.49. The molecule has 1 atom stereocenters. The van der Waals surface area contributed by atoms with Crippen molar-refractivity contribution in [3.63, 3.8) is 0 Å². The minimum Gasteiger partial charge on any atom is -0.411 e. The zero-order valence-electron chi connectivity index (χ0n) is 12.2. The Kier molecular flexibility index (Phi) is 4.09. The van der Waals surface area contributed by atoms with Gasteiger partial charge in [-0.05, 0) is 37.7 Å². The minimum atomic E-state index is 0.224. The molecule has 1 N–H and O–H groups in total. The van der Waals surface area contributed by atoms with Gasteiger partial charge in [0.2, 0.25) is 0 Å². The molecule has 0 saturated heterocycles. The molecular formula is C18H25NO. The van der Waals surface area contributed by atoms with Crippen LogP contribution in [0.3, 0.4) is 0 Å². The SMILES string of the molecule is O/N=C1\CCCCC1C1(c2ccccc2)CCCCC1. The lowest BCUT2D eigenvalue weighted by Crippen LogP contribution is -2.43. The highest BCUT2D eigenvalue weighted by molar-refractivity contribution is 5.88. The Morgan fingerprint density at radius 1 is 0.950 bits per heavy atom. The second kappa shape index (κ2) is 5.99. The normalized spacial score (nSPS) is 28.4. The quantitative estimate of drug-likeness (QED) is 0.601. The van der Waals surface area contributed by atoms with Gasteiger partial charge >= 0.3 is 0 Å². The summed E-state index contributed by atoms with van der Waals surface area (Å²) in [6.45, 7) is 0. The van der Waals surface area contributed by atoms with Crippen LogP contribution in [0.15, 0.2) is 35.5 Å². The fourth-order valence-corrected chi connectivity index (χ4v) is 4.50. The van der Waals surface area contributed by atoms with E-state index in [4.69, 9.17) is 0 Å². The molecule has 108 valence electrons. The maximum Gasteiger partial charge on any atom is 0.0610 e. The van der Waals surface area contributed by atoms with Crippen molar-refractivity contribution >= 4 is 5.71 Å². The van der Waals surface area contributed by atoms with E-state index in [-0.39, 0.29) is 5.41 Å². The van der Waals surface area contributed by atoms with E-state index in [0.29, 0.717) is 5.92 Å². The van der Waals surface area contributed by atoms with Gasteiger partial charge in [-0.15, -0.1) is 0 Å². The summed E-state index contributed by atoms with van der Waals surface area (Å²) in [6.07, 6.45) is 11.1. The van der Waals surface area contributed by atoms with Crippen molar-refractivity contribution in [3.05, 3.63) is 35.9 Å². The van der Waals surface area contributed by atoms with Crippen molar-refractivity contribution < 1.29 is 5.21 Å². The second-order valence-electron chi connectivity index (χ2n) is 6.47. The summed E-state index contributed by atoms with van der Waals surface area (Å²) >= 11 is 0. The topological polar surface area (TPSA) is 32.6 Å². The lowest BCUT2D eigenvalue weighted by Gasteiger charge is -2.46. The highest BCUT2D eigenvalue weighted by Gasteiger charge is 2.44. The third-order valence-corrected chi connectivity index (χ3v) is 5.47. The number of rotatable bonds is 2. The molecule has 1 aromatic rings. The summed E-state index contributed by atoms with van der Waals surface area (Å²) in [5, 5.41) is 13.1. The van der Waals surface area contributed by atoms with E-state index in [1.807, 2.05) is 0 Å². The van der Waals surface area contributed by atoms with Gasteiger partial charge in [0.25, 0.3) is 0 Å². The predicted molar refractivity (Wildman–Crippen MR) is 82.4 cm³/mol. The van der Waals surface area contributed by atoms with Crippen LogP contribution in [0.25, 0.3) is 0 Å². The molecule has 20 heavy (non-hydrogen) atoms. The fourth-order valence-electron chi connectivity index (χ4n) is 4.50. The number of hydrogen-bond donors (Lipinski definition) is 1. The molecule has 2 nitrogen and oxygen atoms in total. The van der Waals surface area contributed by atoms with Crippen molar-refractivity contribution in [2.75, 3.05) is 0 Å². The number of benzene rings is 1. The molecule has 2 heteroatoms. The largest absolute Gasteiger partial charge is 0.411 e. The van der Waals surface area contributed by atoms with Gasteiger partial charge in [0.1, 0.15) is 0 Å². The van der Waals surface area contributed by atoms with E-state index in [9.17, 15) is 5.21 Å². The first-order chi connectivity index (χ1) is 9.87. The van der Waals surface area contributed by atoms with Crippen LogP contribution in [0, 0.1) is 5.92 Å². The van der Waals surface area contributed by atoms with Crippen molar-refractivity contribution in [1.29, 1.82) is 0 Å². The Morgan fingerprint density at radius 2 is 1.70 bits per heavy atom. The molecule has 0 aromatic heterocycles. The number of nitrogens with zero attached hydrogens (tertiary/aromatic N) is 1. The summed E-state index contributed by atoms with van der Waals surface area (Å²) in [5.41, 5.74) is 2.75. The molecule has 0 radical (unpaired) electrons. The van der Waals surface area contributed by atoms with Crippen molar-refractivity contribution in [3.8, 4) is 0 Å². The zero-order valence-corrected chi connectivity index (χ0v) is 12.2. The molecule has 0 heterocycles. The molecule has 2 aliphatic rings. The van der Waals surface area contributed by atoms with E-state index in [1.54, 1.807) is 0 Å². The van der Waals surface area contributed by atoms with Gasteiger partial charge in [0.05, 0.1) is 5.71 Å². The molecular weight excluding hydrogens is 246 g/mol. The van der Waals surface area contributed by atoms with E-state index in [1.165, 1.54) is 56.9 Å². The van der Waals surface area contributed by atoms with Gasteiger partial charge in [-0.3, -0.25) is 0 Å². The first kappa shape index (κ1) is 13.7. The molecule has 0 amide bonds. The monoisotopic (exact) mass is 271 g/mol. The molecule has 2 saturated carbocycles. The van der Waals surface area contributed by atoms with Crippen molar-refractivity contribution in [2.24, 2.45) is 11.1 Å². The molecule has 1 aromatic carbocycles. The van der Waals surface area contributed by atoms with E-state index in [0.717, 1.165) is 12.1 Å². The van der Waals surface area contributed by atoms with Gasteiger partial charge in [-0.1, -0.05) is 61.2 Å². The predicted octanol–water partition coefficient (Wildman–Crippen LogP) is 4.91. The van der Waals surface area contributed by atoms with Crippen LogP contribution in [0.4, 0.5) is 0 Å². The van der Waals surface area contributed by atoms with Crippen LogP contribution in [-0.4, -0.2) is 10.9 Å². The van der Waals surface area contributed by atoms with Gasteiger partial charge in [-0.25, -0.2) is 0 Å². The molecule has 0 spiro atoms. The summed E-state index contributed by atoms with van der Waals surface area (Å²) in [7, 11) is 0. The minimum absolute atomic E-state index is 0.224. The Morgan fingerprint density at radius 3 is 2.40 bits per heavy atom. The van der Waals surface area contributed by atoms with E-state index in [2.05, 4.69) is 35.5 Å². The van der Waals surface area contributed by atoms with Gasteiger partial charge in [0, 0.05) is 11.3 Å². The smallest absolute Gasteiger partial charge is 0.0610 e. The molecule has 3 rings (SSSR count). The second-order valence-corrected chi connectivity index (χ2v) is 6.47. The Hall–Kier alpha value is -1.31. The van der Waals surface area contributed by atoms with Crippen molar-refractivity contribution in [1.82, 2.24) is 0 Å². The number of hydrogen-bond acceptors (Lipinski definition) is 2. The van der Waals surface area contributed by atoms with Crippen LogP contribution >= 0.6 is 0 Å². The summed E-state index contributed by atoms with van der Waals surface area (Å²) in [6, 6.07) is 11.0.